The molecule has 1 unspecified atom stereocenters. The van der Waals surface area contributed by atoms with Gasteiger partial charge in [-0.3, -0.25) is 4.79 Å². The van der Waals surface area contributed by atoms with Crippen LogP contribution in [0.1, 0.15) is 39.2 Å². The van der Waals surface area contributed by atoms with Crippen LogP contribution in [0.25, 0.3) is 0 Å². The van der Waals surface area contributed by atoms with E-state index in [-0.39, 0.29) is 24.6 Å². The van der Waals surface area contributed by atoms with Crippen molar-refractivity contribution < 1.29 is 19.1 Å². The van der Waals surface area contributed by atoms with Gasteiger partial charge < -0.3 is 14.4 Å². The highest BCUT2D eigenvalue weighted by Crippen LogP contribution is 2.35. The van der Waals surface area contributed by atoms with Crippen LogP contribution in [0.4, 0.5) is 4.79 Å². The van der Waals surface area contributed by atoms with E-state index in [1.54, 1.807) is 4.90 Å². The molecule has 1 saturated heterocycles. The number of amides is 1. The summed E-state index contributed by atoms with van der Waals surface area (Å²) in [5.41, 5.74) is 0.361. The normalized spacial score (nSPS) is 18.1. The van der Waals surface area contributed by atoms with Gasteiger partial charge in [-0.15, -0.1) is 0 Å². The first-order valence-electron chi connectivity index (χ1n) is 8.58. The van der Waals surface area contributed by atoms with Gasteiger partial charge in [0.05, 0.1) is 12.0 Å². The van der Waals surface area contributed by atoms with E-state index in [0.29, 0.717) is 19.7 Å². The number of carbonyl (C=O) groups excluding carboxylic acids is 2. The van der Waals surface area contributed by atoms with Crippen molar-refractivity contribution in [2.45, 2.75) is 40.2 Å². The Morgan fingerprint density at radius 3 is 2.58 bits per heavy atom. The molecular weight excluding hydrogens is 306 g/mol. The Bertz CT molecular complexity index is 556. The first-order chi connectivity index (χ1) is 11.4. The van der Waals surface area contributed by atoms with Crippen LogP contribution in [-0.2, 0) is 20.9 Å². The lowest BCUT2D eigenvalue weighted by Gasteiger charge is -2.39. The van der Waals surface area contributed by atoms with E-state index in [0.717, 1.165) is 18.4 Å². The van der Waals surface area contributed by atoms with Crippen molar-refractivity contribution in [3.05, 3.63) is 35.9 Å². The van der Waals surface area contributed by atoms with Gasteiger partial charge in [-0.25, -0.2) is 4.79 Å². The van der Waals surface area contributed by atoms with Crippen LogP contribution in [-0.4, -0.2) is 36.7 Å². The van der Waals surface area contributed by atoms with Gasteiger partial charge in [0, 0.05) is 13.1 Å². The van der Waals surface area contributed by atoms with Gasteiger partial charge in [0.25, 0.3) is 0 Å². The van der Waals surface area contributed by atoms with Crippen molar-refractivity contribution in [2.75, 3.05) is 19.7 Å². The average molecular weight is 333 g/mol. The molecule has 0 saturated carbocycles. The average Bonchev–Trinajstić information content (AvgIpc) is 2.61. The number of esters is 1. The van der Waals surface area contributed by atoms with Gasteiger partial charge in [-0.05, 0) is 45.1 Å². The van der Waals surface area contributed by atoms with Gasteiger partial charge in [-0.1, -0.05) is 30.3 Å². The number of nitrogens with zero attached hydrogens (tertiary/aromatic N) is 1. The Balaban J connectivity index is 1.92. The monoisotopic (exact) mass is 333 g/mol. The molecule has 0 bridgehead atoms. The summed E-state index contributed by atoms with van der Waals surface area (Å²) in [7, 11) is 0. The Morgan fingerprint density at radius 1 is 1.21 bits per heavy atom. The van der Waals surface area contributed by atoms with Crippen LogP contribution in [0, 0.1) is 11.3 Å². The summed E-state index contributed by atoms with van der Waals surface area (Å²) in [6.45, 7) is 7.44. The molecule has 0 aromatic heterocycles. The minimum absolute atomic E-state index is 0.0783. The van der Waals surface area contributed by atoms with Crippen molar-refractivity contribution in [1.82, 2.24) is 4.90 Å². The molecule has 2 rings (SSSR count). The molecule has 24 heavy (non-hydrogen) atoms. The van der Waals surface area contributed by atoms with Gasteiger partial charge >= 0.3 is 12.1 Å². The Kier molecular flexibility index (Phi) is 6.23. The van der Waals surface area contributed by atoms with Gasteiger partial charge in [0.1, 0.15) is 6.61 Å². The third kappa shape index (κ3) is 4.49. The molecule has 1 aliphatic rings. The number of carbonyl (C=O) groups is 2. The summed E-state index contributed by atoms with van der Waals surface area (Å²) in [5.74, 6) is -0.121. The second kappa shape index (κ2) is 8.18. The second-order valence-electron chi connectivity index (χ2n) is 6.77. The molecule has 0 radical (unpaired) electrons. The number of rotatable bonds is 5. The SMILES string of the molecule is CCOC(=O)C(C)(C)C1CCCN(C(=O)OCc2ccccc2)C1. The number of hydrogen-bond acceptors (Lipinski definition) is 4. The summed E-state index contributed by atoms with van der Waals surface area (Å²) >= 11 is 0. The molecule has 1 aromatic rings. The zero-order valence-corrected chi connectivity index (χ0v) is 14.8. The van der Waals surface area contributed by atoms with Gasteiger partial charge in [0.15, 0.2) is 0 Å². The lowest BCUT2D eigenvalue weighted by atomic mass is 9.74. The van der Waals surface area contributed by atoms with E-state index < -0.39 is 5.41 Å². The first kappa shape index (κ1) is 18.3. The smallest absolute Gasteiger partial charge is 0.410 e. The number of likely N-dealkylation sites (tertiary alicyclic amines) is 1. The number of ether oxygens (including phenoxy) is 2. The molecule has 1 amide bonds. The maximum Gasteiger partial charge on any atom is 0.410 e. The number of benzene rings is 1. The number of hydrogen-bond donors (Lipinski definition) is 0. The predicted molar refractivity (Wildman–Crippen MR) is 91.3 cm³/mol. The molecule has 0 aliphatic carbocycles. The topological polar surface area (TPSA) is 55.8 Å². The summed E-state index contributed by atoms with van der Waals surface area (Å²) in [5, 5.41) is 0. The fourth-order valence-corrected chi connectivity index (χ4v) is 3.03. The standard InChI is InChI=1S/C19H27NO4/c1-4-23-17(21)19(2,3)16-11-8-12-20(13-16)18(22)24-14-15-9-6-5-7-10-15/h5-7,9-10,16H,4,8,11-14H2,1-3H3. The summed E-state index contributed by atoms with van der Waals surface area (Å²) < 4.78 is 10.6. The van der Waals surface area contributed by atoms with E-state index in [9.17, 15) is 9.59 Å². The zero-order valence-electron chi connectivity index (χ0n) is 14.8. The van der Waals surface area contributed by atoms with E-state index in [4.69, 9.17) is 9.47 Å². The largest absolute Gasteiger partial charge is 0.466 e. The quantitative estimate of drug-likeness (QED) is 0.772. The molecule has 1 heterocycles. The fraction of sp³-hybridized carbons (Fsp3) is 0.579. The highest BCUT2D eigenvalue weighted by molar-refractivity contribution is 5.76. The van der Waals surface area contributed by atoms with Crippen LogP contribution < -0.4 is 0 Å². The summed E-state index contributed by atoms with van der Waals surface area (Å²) in [6, 6.07) is 9.62. The third-order valence-corrected chi connectivity index (χ3v) is 4.71. The molecule has 1 fully saturated rings. The van der Waals surface area contributed by atoms with Crippen molar-refractivity contribution in [3.8, 4) is 0 Å². The minimum atomic E-state index is -0.603. The Labute approximate surface area is 143 Å². The lowest BCUT2D eigenvalue weighted by molar-refractivity contribution is -0.157. The van der Waals surface area contributed by atoms with E-state index >= 15 is 0 Å². The fourth-order valence-electron chi connectivity index (χ4n) is 3.03. The second-order valence-corrected chi connectivity index (χ2v) is 6.77. The Morgan fingerprint density at radius 2 is 1.92 bits per heavy atom. The van der Waals surface area contributed by atoms with E-state index in [1.807, 2.05) is 51.1 Å². The van der Waals surface area contributed by atoms with Gasteiger partial charge in [0.2, 0.25) is 0 Å². The van der Waals surface area contributed by atoms with Crippen molar-refractivity contribution in [3.63, 3.8) is 0 Å². The maximum absolute atomic E-state index is 12.3. The molecular formula is C19H27NO4. The molecule has 1 aromatic carbocycles. The maximum atomic E-state index is 12.3. The molecule has 0 N–H and O–H groups in total. The lowest BCUT2D eigenvalue weighted by Crippen LogP contribution is -2.47. The zero-order chi connectivity index (χ0) is 17.6. The van der Waals surface area contributed by atoms with Crippen LogP contribution >= 0.6 is 0 Å². The Hall–Kier alpha value is -2.04. The minimum Gasteiger partial charge on any atom is -0.466 e. The third-order valence-electron chi connectivity index (χ3n) is 4.71. The molecule has 0 spiro atoms. The van der Waals surface area contributed by atoms with Crippen LogP contribution in [0.2, 0.25) is 0 Å². The van der Waals surface area contributed by atoms with Crippen molar-refractivity contribution in [1.29, 1.82) is 0 Å². The molecule has 1 atom stereocenters. The van der Waals surface area contributed by atoms with Crippen molar-refractivity contribution in [2.24, 2.45) is 11.3 Å². The highest BCUT2D eigenvalue weighted by Gasteiger charge is 2.41. The predicted octanol–water partition coefficient (Wildman–Crippen LogP) is 3.62. The van der Waals surface area contributed by atoms with Crippen LogP contribution in [0.15, 0.2) is 30.3 Å². The first-order valence-corrected chi connectivity index (χ1v) is 8.58. The van der Waals surface area contributed by atoms with Crippen molar-refractivity contribution >= 4 is 12.1 Å². The highest BCUT2D eigenvalue weighted by atomic mass is 16.6. The molecule has 5 heteroatoms. The van der Waals surface area contributed by atoms with Gasteiger partial charge in [-0.2, -0.15) is 0 Å². The number of piperidine rings is 1. The van der Waals surface area contributed by atoms with E-state index in [2.05, 4.69) is 0 Å². The molecule has 5 nitrogen and oxygen atoms in total. The summed E-state index contributed by atoms with van der Waals surface area (Å²) in [6.07, 6.45) is 1.46. The molecule has 132 valence electrons. The molecule has 1 aliphatic heterocycles. The van der Waals surface area contributed by atoms with E-state index in [1.165, 1.54) is 0 Å². The van der Waals surface area contributed by atoms with Crippen LogP contribution in [0.3, 0.4) is 0 Å². The van der Waals surface area contributed by atoms with Crippen LogP contribution in [0.5, 0.6) is 0 Å². The summed E-state index contributed by atoms with van der Waals surface area (Å²) in [4.78, 5) is 26.2.